The third-order valence-corrected chi connectivity index (χ3v) is 4.94. The van der Waals surface area contributed by atoms with Crippen molar-refractivity contribution in [3.63, 3.8) is 0 Å². The summed E-state index contributed by atoms with van der Waals surface area (Å²) in [6, 6.07) is 1.79. The second kappa shape index (κ2) is 4.22. The highest BCUT2D eigenvalue weighted by atomic mass is 35.5. The van der Waals surface area contributed by atoms with Crippen molar-refractivity contribution < 1.29 is 8.42 Å². The maximum absolute atomic E-state index is 11.3. The highest BCUT2D eigenvalue weighted by molar-refractivity contribution is 7.91. The number of hydrogen-bond acceptors (Lipinski definition) is 4. The Morgan fingerprint density at radius 2 is 2.00 bits per heavy atom. The van der Waals surface area contributed by atoms with Gasteiger partial charge in [0, 0.05) is 6.20 Å². The van der Waals surface area contributed by atoms with Crippen LogP contribution in [0.4, 0.5) is 5.69 Å². The molecule has 1 aromatic rings. The maximum atomic E-state index is 11.3. The Labute approximate surface area is 99.7 Å². The molecule has 0 aliphatic carbocycles. The predicted molar refractivity (Wildman–Crippen MR) is 64.3 cm³/mol. The van der Waals surface area contributed by atoms with Gasteiger partial charge in [0.05, 0.1) is 17.2 Å². The Morgan fingerprint density at radius 1 is 1.38 bits per heavy atom. The summed E-state index contributed by atoms with van der Waals surface area (Å²) in [4.78, 5) is 3.98. The van der Waals surface area contributed by atoms with Gasteiger partial charge in [0.15, 0.2) is 5.15 Å². The van der Waals surface area contributed by atoms with E-state index in [1.807, 2.05) is 0 Å². The van der Waals surface area contributed by atoms with Crippen LogP contribution in [0, 0.1) is 0 Å². The van der Waals surface area contributed by atoms with Gasteiger partial charge in [-0.25, -0.2) is 13.4 Å². The van der Waals surface area contributed by atoms with Gasteiger partial charge in [-0.2, -0.15) is 0 Å². The van der Waals surface area contributed by atoms with E-state index in [9.17, 15) is 8.42 Å². The molecule has 16 heavy (non-hydrogen) atoms. The summed E-state index contributed by atoms with van der Waals surface area (Å²) in [5.41, 5.74) is 7.10. The van der Waals surface area contributed by atoms with Crippen LogP contribution >= 0.6 is 11.6 Å². The molecule has 1 saturated heterocycles. The first-order valence-electron chi connectivity index (χ1n) is 5.09. The fourth-order valence-electron chi connectivity index (χ4n) is 1.93. The summed E-state index contributed by atoms with van der Waals surface area (Å²) < 4.78 is 22.6. The van der Waals surface area contributed by atoms with Gasteiger partial charge in [0.25, 0.3) is 0 Å². The normalized spacial score (nSPS) is 20.8. The zero-order valence-electron chi connectivity index (χ0n) is 8.69. The van der Waals surface area contributed by atoms with Crippen molar-refractivity contribution in [1.29, 1.82) is 0 Å². The predicted octanol–water partition coefficient (Wildman–Crippen LogP) is 1.61. The smallest absolute Gasteiger partial charge is 0.151 e. The molecule has 0 spiro atoms. The SMILES string of the molecule is Nc1cc(C2CCS(=O)(=O)CC2)cnc1Cl. The molecule has 88 valence electrons. The maximum Gasteiger partial charge on any atom is 0.151 e. The summed E-state index contributed by atoms with van der Waals surface area (Å²) in [6.07, 6.45) is 2.97. The molecule has 0 aromatic carbocycles. The van der Waals surface area contributed by atoms with Crippen LogP contribution in [0.3, 0.4) is 0 Å². The van der Waals surface area contributed by atoms with Gasteiger partial charge in [-0.15, -0.1) is 0 Å². The summed E-state index contributed by atoms with van der Waals surface area (Å²) >= 11 is 5.73. The van der Waals surface area contributed by atoms with Crippen LogP contribution in [0.15, 0.2) is 12.3 Å². The van der Waals surface area contributed by atoms with Crippen molar-refractivity contribution in [2.24, 2.45) is 0 Å². The lowest BCUT2D eigenvalue weighted by Crippen LogP contribution is -2.22. The molecule has 1 aliphatic heterocycles. The molecule has 0 amide bonds. The summed E-state index contributed by atoms with van der Waals surface area (Å²) in [7, 11) is -2.82. The molecule has 0 unspecified atom stereocenters. The fraction of sp³-hybridized carbons (Fsp3) is 0.500. The molecular formula is C10H13ClN2O2S. The molecule has 2 rings (SSSR count). The number of aromatic nitrogens is 1. The standard InChI is InChI=1S/C10H13ClN2O2S/c11-10-9(12)5-8(6-13-10)7-1-3-16(14,15)4-2-7/h5-7H,1-4,12H2. The molecule has 2 heterocycles. The molecule has 2 N–H and O–H groups in total. The lowest BCUT2D eigenvalue weighted by Gasteiger charge is -2.22. The van der Waals surface area contributed by atoms with Crippen molar-refractivity contribution in [1.82, 2.24) is 4.98 Å². The Hall–Kier alpha value is -0.810. The first-order chi connectivity index (χ1) is 7.48. The third kappa shape index (κ3) is 2.47. The minimum absolute atomic E-state index is 0.232. The van der Waals surface area contributed by atoms with Gasteiger partial charge in [-0.3, -0.25) is 0 Å². The van der Waals surface area contributed by atoms with Gasteiger partial charge in [0.2, 0.25) is 0 Å². The minimum atomic E-state index is -2.82. The second-order valence-corrected chi connectivity index (χ2v) is 6.74. The van der Waals surface area contributed by atoms with E-state index in [0.29, 0.717) is 23.7 Å². The minimum Gasteiger partial charge on any atom is -0.396 e. The number of hydrogen-bond donors (Lipinski definition) is 1. The van der Waals surface area contributed by atoms with E-state index in [2.05, 4.69) is 4.98 Å². The van der Waals surface area contributed by atoms with E-state index in [1.54, 1.807) is 12.3 Å². The number of pyridine rings is 1. The van der Waals surface area contributed by atoms with Crippen LogP contribution in [0.25, 0.3) is 0 Å². The van der Waals surface area contributed by atoms with E-state index >= 15 is 0 Å². The molecule has 0 bridgehead atoms. The zero-order chi connectivity index (χ0) is 11.8. The largest absolute Gasteiger partial charge is 0.396 e. The molecular weight excluding hydrogens is 248 g/mol. The molecule has 4 nitrogen and oxygen atoms in total. The number of rotatable bonds is 1. The number of nitrogens with zero attached hydrogens (tertiary/aromatic N) is 1. The van der Waals surface area contributed by atoms with Gasteiger partial charge < -0.3 is 5.73 Å². The number of nitrogen functional groups attached to an aromatic ring is 1. The van der Waals surface area contributed by atoms with Crippen LogP contribution in [0.5, 0.6) is 0 Å². The Morgan fingerprint density at radius 3 is 2.56 bits per heavy atom. The Bertz CT molecular complexity index is 488. The molecule has 0 atom stereocenters. The highest BCUT2D eigenvalue weighted by Crippen LogP contribution is 2.30. The van der Waals surface area contributed by atoms with Gasteiger partial charge in [-0.1, -0.05) is 11.6 Å². The van der Waals surface area contributed by atoms with Gasteiger partial charge >= 0.3 is 0 Å². The summed E-state index contributed by atoms with van der Waals surface area (Å²) in [6.45, 7) is 0. The van der Waals surface area contributed by atoms with E-state index in [4.69, 9.17) is 17.3 Å². The number of anilines is 1. The van der Waals surface area contributed by atoms with Crippen LogP contribution in [0.1, 0.15) is 24.3 Å². The van der Waals surface area contributed by atoms with Crippen molar-refractivity contribution >= 4 is 27.1 Å². The summed E-state index contributed by atoms with van der Waals surface area (Å²) in [5.74, 6) is 0.732. The van der Waals surface area contributed by atoms with E-state index in [-0.39, 0.29) is 17.4 Å². The second-order valence-electron chi connectivity index (χ2n) is 4.07. The average molecular weight is 261 g/mol. The Kier molecular flexibility index (Phi) is 3.08. The van der Waals surface area contributed by atoms with Crippen LogP contribution < -0.4 is 5.73 Å². The molecule has 1 aromatic heterocycles. The average Bonchev–Trinajstić information content (AvgIpc) is 2.22. The van der Waals surface area contributed by atoms with Crippen molar-refractivity contribution in [3.8, 4) is 0 Å². The molecule has 1 fully saturated rings. The van der Waals surface area contributed by atoms with Crippen LogP contribution in [-0.4, -0.2) is 24.9 Å². The summed E-state index contributed by atoms with van der Waals surface area (Å²) in [5, 5.41) is 0.298. The van der Waals surface area contributed by atoms with Crippen molar-refractivity contribution in [2.75, 3.05) is 17.2 Å². The zero-order valence-corrected chi connectivity index (χ0v) is 10.3. The lowest BCUT2D eigenvalue weighted by atomic mass is 9.95. The number of halogens is 1. The fourth-order valence-corrected chi connectivity index (χ4v) is 3.52. The van der Waals surface area contributed by atoms with E-state index < -0.39 is 9.84 Å². The van der Waals surface area contributed by atoms with Crippen molar-refractivity contribution in [3.05, 3.63) is 23.0 Å². The topological polar surface area (TPSA) is 73.1 Å². The number of nitrogens with two attached hydrogens (primary N) is 1. The van der Waals surface area contributed by atoms with Gasteiger partial charge in [-0.05, 0) is 30.4 Å². The van der Waals surface area contributed by atoms with Crippen molar-refractivity contribution in [2.45, 2.75) is 18.8 Å². The van der Waals surface area contributed by atoms with Gasteiger partial charge in [0.1, 0.15) is 9.84 Å². The third-order valence-electron chi connectivity index (χ3n) is 2.91. The van der Waals surface area contributed by atoms with Crippen LogP contribution in [-0.2, 0) is 9.84 Å². The highest BCUT2D eigenvalue weighted by Gasteiger charge is 2.25. The van der Waals surface area contributed by atoms with Crippen LogP contribution in [0.2, 0.25) is 5.15 Å². The quantitative estimate of drug-likeness (QED) is 0.779. The molecule has 0 radical (unpaired) electrons. The molecule has 1 aliphatic rings. The lowest BCUT2D eigenvalue weighted by molar-refractivity contribution is 0.549. The monoisotopic (exact) mass is 260 g/mol. The first-order valence-corrected chi connectivity index (χ1v) is 7.29. The molecule has 6 heteroatoms. The van der Waals surface area contributed by atoms with E-state index in [1.165, 1.54) is 0 Å². The van der Waals surface area contributed by atoms with E-state index in [0.717, 1.165) is 5.56 Å². The number of sulfone groups is 1. The first kappa shape index (κ1) is 11.7. The Balaban J connectivity index is 2.17. The molecule has 0 saturated carbocycles.